The summed E-state index contributed by atoms with van der Waals surface area (Å²) < 4.78 is 10.9. The average molecular weight is 329 g/mol. The lowest BCUT2D eigenvalue weighted by atomic mass is 10.1. The van der Waals surface area contributed by atoms with Gasteiger partial charge in [-0.25, -0.2) is 0 Å². The lowest BCUT2D eigenvalue weighted by molar-refractivity contribution is -0.140. The van der Waals surface area contributed by atoms with Crippen LogP contribution in [0.3, 0.4) is 0 Å². The maximum Gasteiger partial charge on any atom is 0.248 e. The summed E-state index contributed by atoms with van der Waals surface area (Å²) in [4.78, 5) is 14.0. The first-order chi connectivity index (χ1) is 10.2. The summed E-state index contributed by atoms with van der Waals surface area (Å²) in [6, 6.07) is 10.1. The van der Waals surface area contributed by atoms with Crippen LogP contribution in [0, 0.1) is 0 Å². The Balaban J connectivity index is 0.00000242. The van der Waals surface area contributed by atoms with Crippen LogP contribution in [0.4, 0.5) is 0 Å². The van der Waals surface area contributed by atoms with Crippen LogP contribution in [0.2, 0.25) is 0 Å². The van der Waals surface area contributed by atoms with E-state index in [1.54, 1.807) is 0 Å². The minimum atomic E-state index is 0. The summed E-state index contributed by atoms with van der Waals surface area (Å²) in [7, 11) is 0. The number of hydrogen-bond acceptors (Lipinski definition) is 4. The lowest BCUT2D eigenvalue weighted by Crippen LogP contribution is -2.57. The van der Waals surface area contributed by atoms with E-state index in [1.807, 2.05) is 35.2 Å². The van der Waals surface area contributed by atoms with Gasteiger partial charge in [0.1, 0.15) is 19.0 Å². The molecule has 0 aromatic heterocycles. The fourth-order valence-corrected chi connectivity index (χ4v) is 2.39. The van der Waals surface area contributed by atoms with Gasteiger partial charge in [0, 0.05) is 25.2 Å². The Morgan fingerprint density at radius 2 is 2.00 bits per heavy atom. The number of nitrogens with zero attached hydrogens (tertiary/aromatic N) is 1. The summed E-state index contributed by atoms with van der Waals surface area (Å²) in [6.07, 6.45) is 0. The quantitative estimate of drug-likeness (QED) is 0.808. The van der Waals surface area contributed by atoms with Crippen molar-refractivity contribution < 1.29 is 14.3 Å². The normalized spacial score (nSPS) is 21.1. The number of piperazine rings is 1. The molecule has 22 heavy (non-hydrogen) atoms. The summed E-state index contributed by atoms with van der Waals surface area (Å²) in [6.45, 7) is 6.73. The fraction of sp³-hybridized carbons (Fsp3) is 0.562. The molecule has 1 fully saturated rings. The SMILES string of the molecule is CC1NCCN(C(=O)COCCOc2ccccc2)C1C.Cl. The third-order valence-corrected chi connectivity index (χ3v) is 3.82. The number of hydrogen-bond donors (Lipinski definition) is 1. The van der Waals surface area contributed by atoms with E-state index >= 15 is 0 Å². The van der Waals surface area contributed by atoms with Gasteiger partial charge in [0.05, 0.1) is 6.61 Å². The molecule has 1 aromatic carbocycles. The second-order valence-corrected chi connectivity index (χ2v) is 5.28. The molecule has 1 N–H and O–H groups in total. The molecular weight excluding hydrogens is 304 g/mol. The molecule has 5 nitrogen and oxygen atoms in total. The van der Waals surface area contributed by atoms with Crippen molar-refractivity contribution in [3.05, 3.63) is 30.3 Å². The molecule has 0 aliphatic carbocycles. The molecule has 1 saturated heterocycles. The second kappa shape index (κ2) is 9.66. The van der Waals surface area contributed by atoms with Crippen LogP contribution >= 0.6 is 12.4 Å². The van der Waals surface area contributed by atoms with Crippen molar-refractivity contribution in [3.8, 4) is 5.75 Å². The van der Waals surface area contributed by atoms with Crippen LogP contribution in [-0.2, 0) is 9.53 Å². The van der Waals surface area contributed by atoms with Crippen molar-refractivity contribution in [2.75, 3.05) is 32.9 Å². The van der Waals surface area contributed by atoms with E-state index in [2.05, 4.69) is 19.2 Å². The third-order valence-electron chi connectivity index (χ3n) is 3.82. The number of amides is 1. The molecule has 2 atom stereocenters. The Kier molecular flexibility index (Phi) is 8.24. The largest absolute Gasteiger partial charge is 0.491 e. The minimum Gasteiger partial charge on any atom is -0.491 e. The van der Waals surface area contributed by atoms with Gasteiger partial charge in [-0.05, 0) is 26.0 Å². The van der Waals surface area contributed by atoms with Crippen molar-refractivity contribution in [3.63, 3.8) is 0 Å². The van der Waals surface area contributed by atoms with Crippen LogP contribution < -0.4 is 10.1 Å². The fourth-order valence-electron chi connectivity index (χ4n) is 2.39. The first-order valence-electron chi connectivity index (χ1n) is 7.47. The number of benzene rings is 1. The maximum atomic E-state index is 12.1. The zero-order valence-electron chi connectivity index (χ0n) is 13.2. The molecule has 1 aliphatic rings. The van der Waals surface area contributed by atoms with Gasteiger partial charge in [-0.15, -0.1) is 12.4 Å². The van der Waals surface area contributed by atoms with E-state index in [4.69, 9.17) is 9.47 Å². The predicted octanol–water partition coefficient (Wildman–Crippen LogP) is 1.71. The molecule has 0 bridgehead atoms. The lowest BCUT2D eigenvalue weighted by Gasteiger charge is -2.38. The predicted molar refractivity (Wildman–Crippen MR) is 88.6 cm³/mol. The monoisotopic (exact) mass is 328 g/mol. The van der Waals surface area contributed by atoms with E-state index < -0.39 is 0 Å². The number of para-hydroxylation sites is 1. The molecule has 6 heteroatoms. The number of ether oxygens (including phenoxy) is 2. The van der Waals surface area contributed by atoms with E-state index in [0.717, 1.165) is 18.8 Å². The number of halogens is 1. The van der Waals surface area contributed by atoms with Gasteiger partial charge in [0.25, 0.3) is 0 Å². The van der Waals surface area contributed by atoms with Gasteiger partial charge in [0.15, 0.2) is 0 Å². The van der Waals surface area contributed by atoms with Crippen molar-refractivity contribution in [1.29, 1.82) is 0 Å². The molecule has 0 radical (unpaired) electrons. The highest BCUT2D eigenvalue weighted by molar-refractivity contribution is 5.85. The smallest absolute Gasteiger partial charge is 0.248 e. The first kappa shape index (κ1) is 18.7. The van der Waals surface area contributed by atoms with Crippen LogP contribution in [-0.4, -0.2) is 55.8 Å². The molecule has 1 aromatic rings. The first-order valence-corrected chi connectivity index (χ1v) is 7.47. The van der Waals surface area contributed by atoms with E-state index in [9.17, 15) is 4.79 Å². The highest BCUT2D eigenvalue weighted by Crippen LogP contribution is 2.09. The maximum absolute atomic E-state index is 12.1. The molecule has 124 valence electrons. The van der Waals surface area contributed by atoms with Gasteiger partial charge in [-0.1, -0.05) is 18.2 Å². The molecule has 1 heterocycles. The summed E-state index contributed by atoms with van der Waals surface area (Å²) in [5.74, 6) is 0.868. The van der Waals surface area contributed by atoms with Crippen molar-refractivity contribution >= 4 is 18.3 Å². The zero-order chi connectivity index (χ0) is 15.1. The summed E-state index contributed by atoms with van der Waals surface area (Å²) in [5.41, 5.74) is 0. The summed E-state index contributed by atoms with van der Waals surface area (Å²) >= 11 is 0. The van der Waals surface area contributed by atoms with Gasteiger partial charge in [-0.2, -0.15) is 0 Å². The Morgan fingerprint density at radius 3 is 2.73 bits per heavy atom. The van der Waals surface area contributed by atoms with E-state index in [-0.39, 0.29) is 31.0 Å². The van der Waals surface area contributed by atoms with E-state index in [0.29, 0.717) is 19.3 Å². The Bertz CT molecular complexity index is 444. The molecular formula is C16H25ClN2O3. The number of rotatable bonds is 6. The molecule has 1 amide bonds. The molecule has 0 saturated carbocycles. The number of carbonyl (C=O) groups is 1. The van der Waals surface area contributed by atoms with Crippen molar-refractivity contribution in [2.24, 2.45) is 0 Å². The molecule has 2 unspecified atom stereocenters. The highest BCUT2D eigenvalue weighted by atomic mass is 35.5. The van der Waals surface area contributed by atoms with Crippen molar-refractivity contribution in [1.82, 2.24) is 10.2 Å². The molecule has 2 rings (SSSR count). The third kappa shape index (κ3) is 5.48. The molecule has 0 spiro atoms. The van der Waals surface area contributed by atoms with Crippen LogP contribution in [0.1, 0.15) is 13.8 Å². The van der Waals surface area contributed by atoms with E-state index in [1.165, 1.54) is 0 Å². The number of nitrogens with one attached hydrogen (secondary N) is 1. The topological polar surface area (TPSA) is 50.8 Å². The Hall–Kier alpha value is -1.30. The van der Waals surface area contributed by atoms with Gasteiger partial charge >= 0.3 is 0 Å². The highest BCUT2D eigenvalue weighted by Gasteiger charge is 2.27. The Labute approximate surface area is 138 Å². The summed E-state index contributed by atoms with van der Waals surface area (Å²) in [5, 5.41) is 3.36. The average Bonchev–Trinajstić information content (AvgIpc) is 2.50. The molecule has 1 aliphatic heterocycles. The van der Waals surface area contributed by atoms with Crippen LogP contribution in [0.25, 0.3) is 0 Å². The number of carbonyl (C=O) groups excluding carboxylic acids is 1. The van der Waals surface area contributed by atoms with Crippen molar-refractivity contribution in [2.45, 2.75) is 25.9 Å². The zero-order valence-corrected chi connectivity index (χ0v) is 14.0. The van der Waals surface area contributed by atoms with Gasteiger partial charge in [0.2, 0.25) is 5.91 Å². The Morgan fingerprint density at radius 1 is 1.27 bits per heavy atom. The van der Waals surface area contributed by atoms with Gasteiger partial charge in [-0.3, -0.25) is 4.79 Å². The van der Waals surface area contributed by atoms with Gasteiger partial charge < -0.3 is 19.7 Å². The standard InChI is InChI=1S/C16H24N2O3.ClH/c1-13-14(2)18(9-8-17-13)16(19)12-20-10-11-21-15-6-4-3-5-7-15;/h3-7,13-14,17H,8-12H2,1-2H3;1H. The minimum absolute atomic E-state index is 0. The van der Waals surface area contributed by atoms with Crippen LogP contribution in [0.15, 0.2) is 30.3 Å². The van der Waals surface area contributed by atoms with Crippen LogP contribution in [0.5, 0.6) is 5.75 Å². The second-order valence-electron chi connectivity index (χ2n) is 5.28.